The Balaban J connectivity index is 2.02. The van der Waals surface area contributed by atoms with E-state index in [2.05, 4.69) is 16.9 Å². The highest BCUT2D eigenvalue weighted by Crippen LogP contribution is 2.42. The lowest BCUT2D eigenvalue weighted by Crippen LogP contribution is -2.30. The van der Waals surface area contributed by atoms with Crippen LogP contribution in [0.5, 0.6) is 0 Å². The molecule has 6 nitrogen and oxygen atoms in total. The molecule has 2 rings (SSSR count). The summed E-state index contributed by atoms with van der Waals surface area (Å²) < 4.78 is 17.4. The molecule has 0 saturated carbocycles. The van der Waals surface area contributed by atoms with Crippen LogP contribution < -0.4 is 0 Å². The van der Waals surface area contributed by atoms with E-state index in [1.807, 2.05) is 13.8 Å². The van der Waals surface area contributed by atoms with Gasteiger partial charge < -0.3 is 14.2 Å². The molecule has 4 atom stereocenters. The Morgan fingerprint density at radius 3 is 2.76 bits per heavy atom. The van der Waals surface area contributed by atoms with E-state index < -0.39 is 5.79 Å². The Morgan fingerprint density at radius 1 is 1.35 bits per heavy atom. The number of nitrogens with zero attached hydrogens (tertiary/aromatic N) is 3. The molecule has 0 bridgehead atoms. The second-order valence-corrected chi connectivity index (χ2v) is 4.96. The molecular formula is C11H19N3O3. The average molecular weight is 241 g/mol. The molecule has 2 fully saturated rings. The summed E-state index contributed by atoms with van der Waals surface area (Å²) >= 11 is 0. The van der Waals surface area contributed by atoms with Crippen LogP contribution in [0.25, 0.3) is 10.4 Å². The summed E-state index contributed by atoms with van der Waals surface area (Å²) in [5.74, 6) is -0.331. The number of rotatable bonds is 4. The second kappa shape index (κ2) is 4.82. The van der Waals surface area contributed by atoms with E-state index in [-0.39, 0.29) is 24.4 Å². The van der Waals surface area contributed by atoms with E-state index >= 15 is 0 Å². The predicted molar refractivity (Wildman–Crippen MR) is 61.1 cm³/mol. The normalized spacial score (nSPS) is 38.8. The zero-order chi connectivity index (χ0) is 12.5. The molecule has 96 valence electrons. The van der Waals surface area contributed by atoms with Gasteiger partial charge in [0.05, 0.1) is 6.10 Å². The van der Waals surface area contributed by atoms with Gasteiger partial charge in [-0.2, -0.15) is 0 Å². The number of ether oxygens (including phenoxy) is 3. The van der Waals surface area contributed by atoms with Gasteiger partial charge in [0.15, 0.2) is 12.1 Å². The third kappa shape index (κ3) is 2.55. The summed E-state index contributed by atoms with van der Waals surface area (Å²) in [5.41, 5.74) is 8.30. The third-order valence-electron chi connectivity index (χ3n) is 3.32. The van der Waals surface area contributed by atoms with Gasteiger partial charge in [0, 0.05) is 17.4 Å². The summed E-state index contributed by atoms with van der Waals surface area (Å²) in [6, 6.07) is 0. The zero-order valence-corrected chi connectivity index (χ0v) is 10.5. The molecule has 0 aromatic heterocycles. The van der Waals surface area contributed by atoms with Gasteiger partial charge in [-0.15, -0.1) is 0 Å². The van der Waals surface area contributed by atoms with Gasteiger partial charge in [0.2, 0.25) is 0 Å². The van der Waals surface area contributed by atoms with Gasteiger partial charge in [0.25, 0.3) is 0 Å². The first-order chi connectivity index (χ1) is 8.07. The Hall–Kier alpha value is -0.810. The molecule has 0 amide bonds. The Morgan fingerprint density at radius 2 is 2.12 bits per heavy atom. The van der Waals surface area contributed by atoms with E-state index in [4.69, 9.17) is 19.7 Å². The first kappa shape index (κ1) is 12.6. The maximum atomic E-state index is 8.30. The molecule has 0 aromatic carbocycles. The van der Waals surface area contributed by atoms with Crippen LogP contribution in [-0.4, -0.2) is 30.8 Å². The molecule has 0 aromatic rings. The van der Waals surface area contributed by atoms with Crippen molar-refractivity contribution in [3.63, 3.8) is 0 Å². The van der Waals surface area contributed by atoms with Crippen molar-refractivity contribution in [1.29, 1.82) is 0 Å². The highest BCUT2D eigenvalue weighted by atomic mass is 16.8. The summed E-state index contributed by atoms with van der Waals surface area (Å²) in [4.78, 5) is 2.77. The minimum absolute atomic E-state index is 0.0381. The van der Waals surface area contributed by atoms with Crippen molar-refractivity contribution in [2.24, 2.45) is 11.0 Å². The van der Waals surface area contributed by atoms with Crippen molar-refractivity contribution < 1.29 is 14.2 Å². The fourth-order valence-corrected chi connectivity index (χ4v) is 2.64. The van der Waals surface area contributed by atoms with Gasteiger partial charge in [-0.1, -0.05) is 12.0 Å². The van der Waals surface area contributed by atoms with E-state index in [0.717, 1.165) is 12.8 Å². The minimum atomic E-state index is -0.579. The molecular weight excluding hydrogens is 222 g/mol. The molecule has 0 radical (unpaired) electrons. The van der Waals surface area contributed by atoms with Gasteiger partial charge in [0.1, 0.15) is 6.10 Å². The molecule has 2 saturated heterocycles. The van der Waals surface area contributed by atoms with Crippen LogP contribution in [-0.2, 0) is 14.2 Å². The van der Waals surface area contributed by atoms with Gasteiger partial charge in [-0.3, -0.25) is 0 Å². The molecule has 2 aliphatic rings. The fourth-order valence-electron chi connectivity index (χ4n) is 2.64. The lowest BCUT2D eigenvalue weighted by Gasteiger charge is -2.24. The van der Waals surface area contributed by atoms with Crippen LogP contribution >= 0.6 is 0 Å². The summed E-state index contributed by atoms with van der Waals surface area (Å²) in [6.07, 6.45) is 1.52. The van der Waals surface area contributed by atoms with Crippen molar-refractivity contribution in [2.45, 2.75) is 57.9 Å². The second-order valence-electron chi connectivity index (χ2n) is 4.96. The number of azide groups is 1. The molecule has 2 aliphatic heterocycles. The van der Waals surface area contributed by atoms with Gasteiger partial charge in [-0.25, -0.2) is 0 Å². The maximum Gasteiger partial charge on any atom is 0.187 e. The minimum Gasteiger partial charge on any atom is -0.346 e. The SMILES string of the molecule is CC[C@H]1O[C@@H]2OC(C)(C)O[C@@H]2[C@@H]1CCN=[N+]=[N-]. The van der Waals surface area contributed by atoms with Crippen molar-refractivity contribution in [2.75, 3.05) is 6.54 Å². The van der Waals surface area contributed by atoms with E-state index in [1.54, 1.807) is 0 Å². The molecule has 0 N–H and O–H groups in total. The number of hydrogen-bond donors (Lipinski definition) is 0. The first-order valence-corrected chi connectivity index (χ1v) is 6.09. The molecule has 6 heteroatoms. The summed E-state index contributed by atoms with van der Waals surface area (Å²) in [6.45, 7) is 6.34. The molecule has 0 spiro atoms. The molecule has 0 unspecified atom stereocenters. The van der Waals surface area contributed by atoms with Crippen molar-refractivity contribution in [3.05, 3.63) is 10.4 Å². The highest BCUT2D eigenvalue weighted by Gasteiger charge is 2.53. The van der Waals surface area contributed by atoms with Crippen molar-refractivity contribution >= 4 is 0 Å². The Kier molecular flexibility index (Phi) is 3.58. The Bertz CT molecular complexity index is 328. The molecule has 17 heavy (non-hydrogen) atoms. The van der Waals surface area contributed by atoms with Gasteiger partial charge >= 0.3 is 0 Å². The van der Waals surface area contributed by atoms with Crippen LogP contribution in [0.2, 0.25) is 0 Å². The zero-order valence-electron chi connectivity index (χ0n) is 10.5. The quantitative estimate of drug-likeness (QED) is 0.431. The molecule has 0 aliphatic carbocycles. The highest BCUT2D eigenvalue weighted by molar-refractivity contribution is 4.92. The Labute approximate surface area is 101 Å². The summed E-state index contributed by atoms with van der Waals surface area (Å²) in [7, 11) is 0. The molecule has 2 heterocycles. The van der Waals surface area contributed by atoms with Crippen LogP contribution in [0.15, 0.2) is 5.11 Å². The van der Waals surface area contributed by atoms with Crippen LogP contribution in [0.4, 0.5) is 0 Å². The lowest BCUT2D eigenvalue weighted by atomic mass is 9.93. The maximum absolute atomic E-state index is 8.30. The van der Waals surface area contributed by atoms with Gasteiger partial charge in [-0.05, 0) is 32.2 Å². The lowest BCUT2D eigenvalue weighted by molar-refractivity contribution is -0.210. The van der Waals surface area contributed by atoms with E-state index in [1.165, 1.54) is 0 Å². The summed E-state index contributed by atoms with van der Waals surface area (Å²) in [5, 5.41) is 3.58. The smallest absolute Gasteiger partial charge is 0.187 e. The largest absolute Gasteiger partial charge is 0.346 e. The third-order valence-corrected chi connectivity index (χ3v) is 3.32. The predicted octanol–water partition coefficient (Wildman–Crippen LogP) is 2.59. The van der Waals surface area contributed by atoms with Crippen molar-refractivity contribution in [1.82, 2.24) is 0 Å². The fraction of sp³-hybridized carbons (Fsp3) is 1.00. The van der Waals surface area contributed by atoms with Crippen LogP contribution in [0.3, 0.4) is 0 Å². The first-order valence-electron chi connectivity index (χ1n) is 6.09. The topological polar surface area (TPSA) is 76.5 Å². The van der Waals surface area contributed by atoms with Crippen LogP contribution in [0, 0.1) is 5.92 Å². The van der Waals surface area contributed by atoms with E-state index in [9.17, 15) is 0 Å². The number of fused-ring (bicyclic) bond motifs is 1. The number of hydrogen-bond acceptors (Lipinski definition) is 4. The van der Waals surface area contributed by atoms with Crippen molar-refractivity contribution in [3.8, 4) is 0 Å². The standard InChI is InChI=1S/C11H19N3O3/c1-4-8-7(5-6-13-14-12)9-10(15-8)17-11(2,3)16-9/h7-10H,4-6H2,1-3H3/t7-,8-,9-,10-/m1/s1. The van der Waals surface area contributed by atoms with E-state index in [0.29, 0.717) is 6.54 Å². The van der Waals surface area contributed by atoms with Crippen LogP contribution in [0.1, 0.15) is 33.6 Å². The average Bonchev–Trinajstić information content (AvgIpc) is 2.72. The monoisotopic (exact) mass is 241 g/mol.